The molecule has 106 valence electrons. The second kappa shape index (κ2) is 6.20. The topological polar surface area (TPSA) is 38.9 Å². The Balaban J connectivity index is 1.75. The summed E-state index contributed by atoms with van der Waals surface area (Å²) in [6.07, 6.45) is 0.778. The largest absolute Gasteiger partial charge is 0.324 e. The van der Waals surface area contributed by atoms with Crippen LogP contribution in [0.4, 0.5) is 0 Å². The molecule has 1 heterocycles. The van der Waals surface area contributed by atoms with E-state index < -0.39 is 0 Å². The minimum atomic E-state index is 0.00298. The van der Waals surface area contributed by atoms with Crippen LogP contribution < -0.4 is 5.73 Å². The lowest BCUT2D eigenvalue weighted by Gasteiger charge is -2.09. The predicted octanol–water partition coefficient (Wildman–Crippen LogP) is 4.36. The summed E-state index contributed by atoms with van der Waals surface area (Å²) in [4.78, 5) is 4.71. The van der Waals surface area contributed by atoms with Crippen molar-refractivity contribution in [2.75, 3.05) is 0 Å². The minimum Gasteiger partial charge on any atom is -0.324 e. The number of aromatic nitrogens is 1. The van der Waals surface area contributed by atoms with Crippen LogP contribution in [0.5, 0.6) is 0 Å². The van der Waals surface area contributed by atoms with Crippen molar-refractivity contribution in [1.29, 1.82) is 0 Å². The zero-order valence-corrected chi connectivity index (χ0v) is 12.8. The van der Waals surface area contributed by atoms with Crippen LogP contribution in [0.15, 0.2) is 60.0 Å². The summed E-state index contributed by atoms with van der Waals surface area (Å²) in [5, 5.41) is 3.19. The van der Waals surface area contributed by atoms with E-state index in [0.29, 0.717) is 0 Å². The second-order valence-corrected chi connectivity index (χ2v) is 6.16. The van der Waals surface area contributed by atoms with E-state index >= 15 is 0 Å². The third-order valence-corrected chi connectivity index (χ3v) is 4.39. The van der Waals surface area contributed by atoms with Gasteiger partial charge in [0.05, 0.1) is 10.7 Å². The lowest BCUT2D eigenvalue weighted by Crippen LogP contribution is -2.12. The van der Waals surface area contributed by atoms with E-state index in [1.807, 2.05) is 18.2 Å². The van der Waals surface area contributed by atoms with Gasteiger partial charge in [0, 0.05) is 23.4 Å². The van der Waals surface area contributed by atoms with Gasteiger partial charge in [-0.15, -0.1) is 11.3 Å². The van der Waals surface area contributed by atoms with E-state index in [4.69, 9.17) is 10.7 Å². The number of thiazole rings is 1. The average molecular weight is 294 g/mol. The second-order valence-electron chi connectivity index (χ2n) is 5.21. The van der Waals surface area contributed by atoms with E-state index in [9.17, 15) is 0 Å². The highest BCUT2D eigenvalue weighted by molar-refractivity contribution is 7.09. The molecule has 3 rings (SSSR count). The predicted molar refractivity (Wildman–Crippen MR) is 89.4 cm³/mol. The Kier molecular flexibility index (Phi) is 4.13. The Morgan fingerprint density at radius 1 is 1.05 bits per heavy atom. The molecule has 0 fully saturated rings. The van der Waals surface area contributed by atoms with Crippen LogP contribution in [0.1, 0.15) is 22.2 Å². The molecule has 0 aliphatic rings. The van der Waals surface area contributed by atoms with Gasteiger partial charge >= 0.3 is 0 Å². The summed E-state index contributed by atoms with van der Waals surface area (Å²) in [6, 6.07) is 18.7. The molecule has 0 radical (unpaired) electrons. The maximum absolute atomic E-state index is 6.26. The van der Waals surface area contributed by atoms with Crippen LogP contribution in [0.3, 0.4) is 0 Å². The van der Waals surface area contributed by atoms with Crippen molar-refractivity contribution in [2.24, 2.45) is 5.73 Å². The molecule has 2 N–H and O–H groups in total. The molecule has 3 aromatic rings. The van der Waals surface area contributed by atoms with Gasteiger partial charge in [0.1, 0.15) is 0 Å². The molecular formula is C18H18N2S. The lowest BCUT2D eigenvalue weighted by molar-refractivity contribution is 0.718. The lowest BCUT2D eigenvalue weighted by atomic mass is 10.1. The van der Waals surface area contributed by atoms with Crippen molar-refractivity contribution in [3.8, 4) is 11.3 Å². The number of nitrogens with two attached hydrogens (primary N) is 1. The fraction of sp³-hybridized carbons (Fsp3) is 0.167. The SMILES string of the molecule is Cc1ccc(-c2csc(CC(N)c3ccccc3)n2)cc1. The Morgan fingerprint density at radius 2 is 1.76 bits per heavy atom. The Hall–Kier alpha value is -1.97. The minimum absolute atomic E-state index is 0.00298. The van der Waals surface area contributed by atoms with Gasteiger partial charge in [-0.05, 0) is 12.5 Å². The standard InChI is InChI=1S/C18H18N2S/c1-13-7-9-15(10-8-13)17-12-21-18(20-17)11-16(19)14-5-3-2-4-6-14/h2-10,12,16H,11,19H2,1H3. The van der Waals surface area contributed by atoms with E-state index in [0.717, 1.165) is 28.2 Å². The molecule has 1 unspecified atom stereocenters. The molecule has 0 bridgehead atoms. The number of hydrogen-bond acceptors (Lipinski definition) is 3. The van der Waals surface area contributed by atoms with Crippen LogP contribution in [0, 0.1) is 6.92 Å². The quantitative estimate of drug-likeness (QED) is 0.776. The molecule has 2 nitrogen and oxygen atoms in total. The zero-order chi connectivity index (χ0) is 14.7. The normalized spacial score (nSPS) is 12.3. The Morgan fingerprint density at radius 3 is 2.48 bits per heavy atom. The molecule has 21 heavy (non-hydrogen) atoms. The van der Waals surface area contributed by atoms with Gasteiger partial charge in [0.2, 0.25) is 0 Å². The highest BCUT2D eigenvalue weighted by Crippen LogP contribution is 2.25. The van der Waals surface area contributed by atoms with E-state index in [1.165, 1.54) is 5.56 Å². The molecular weight excluding hydrogens is 276 g/mol. The van der Waals surface area contributed by atoms with Gasteiger partial charge in [-0.3, -0.25) is 0 Å². The van der Waals surface area contributed by atoms with Crippen molar-refractivity contribution >= 4 is 11.3 Å². The first-order valence-electron chi connectivity index (χ1n) is 7.04. The molecule has 0 aliphatic carbocycles. The van der Waals surface area contributed by atoms with Crippen LogP contribution in [-0.2, 0) is 6.42 Å². The van der Waals surface area contributed by atoms with Crippen molar-refractivity contribution in [2.45, 2.75) is 19.4 Å². The van der Waals surface area contributed by atoms with Crippen molar-refractivity contribution in [3.63, 3.8) is 0 Å². The van der Waals surface area contributed by atoms with Gasteiger partial charge in [0.15, 0.2) is 0 Å². The molecule has 0 saturated heterocycles. The molecule has 0 spiro atoms. The molecule has 1 aromatic heterocycles. The molecule has 0 amide bonds. The van der Waals surface area contributed by atoms with Crippen LogP contribution in [0.2, 0.25) is 0 Å². The summed E-state index contributed by atoms with van der Waals surface area (Å²) in [7, 11) is 0. The molecule has 0 saturated carbocycles. The maximum Gasteiger partial charge on any atom is 0.0951 e. The monoisotopic (exact) mass is 294 g/mol. The van der Waals surface area contributed by atoms with Crippen LogP contribution >= 0.6 is 11.3 Å². The summed E-state index contributed by atoms with van der Waals surface area (Å²) in [5.41, 5.74) is 10.9. The number of rotatable bonds is 4. The number of aryl methyl sites for hydroxylation is 1. The number of nitrogens with zero attached hydrogens (tertiary/aromatic N) is 1. The first-order chi connectivity index (χ1) is 10.2. The summed E-state index contributed by atoms with van der Waals surface area (Å²) in [6.45, 7) is 2.09. The zero-order valence-electron chi connectivity index (χ0n) is 12.0. The maximum atomic E-state index is 6.26. The molecule has 3 heteroatoms. The number of hydrogen-bond donors (Lipinski definition) is 1. The van der Waals surface area contributed by atoms with E-state index in [1.54, 1.807) is 11.3 Å². The average Bonchev–Trinajstić information content (AvgIpc) is 2.97. The third kappa shape index (κ3) is 3.38. The van der Waals surface area contributed by atoms with Gasteiger partial charge in [-0.25, -0.2) is 4.98 Å². The van der Waals surface area contributed by atoms with E-state index in [2.05, 4.69) is 48.7 Å². The molecule has 2 aromatic carbocycles. The van der Waals surface area contributed by atoms with Crippen molar-refractivity contribution in [1.82, 2.24) is 4.98 Å². The summed E-state index contributed by atoms with van der Waals surface area (Å²) >= 11 is 1.68. The first kappa shape index (κ1) is 14.0. The van der Waals surface area contributed by atoms with E-state index in [-0.39, 0.29) is 6.04 Å². The van der Waals surface area contributed by atoms with Crippen LogP contribution in [0.25, 0.3) is 11.3 Å². The molecule has 1 atom stereocenters. The highest BCUT2D eigenvalue weighted by atomic mass is 32.1. The van der Waals surface area contributed by atoms with Crippen LogP contribution in [-0.4, -0.2) is 4.98 Å². The highest BCUT2D eigenvalue weighted by Gasteiger charge is 2.10. The van der Waals surface area contributed by atoms with Gasteiger partial charge in [0.25, 0.3) is 0 Å². The fourth-order valence-corrected chi connectivity index (χ4v) is 3.13. The smallest absolute Gasteiger partial charge is 0.0951 e. The summed E-state index contributed by atoms with van der Waals surface area (Å²) < 4.78 is 0. The van der Waals surface area contributed by atoms with Gasteiger partial charge in [-0.2, -0.15) is 0 Å². The third-order valence-electron chi connectivity index (χ3n) is 3.52. The first-order valence-corrected chi connectivity index (χ1v) is 7.92. The Labute approximate surface area is 129 Å². The number of benzene rings is 2. The summed E-state index contributed by atoms with van der Waals surface area (Å²) in [5.74, 6) is 0. The fourth-order valence-electron chi connectivity index (χ4n) is 2.27. The van der Waals surface area contributed by atoms with Gasteiger partial charge in [-0.1, -0.05) is 60.2 Å². The van der Waals surface area contributed by atoms with Gasteiger partial charge < -0.3 is 5.73 Å². The molecule has 0 aliphatic heterocycles. The van der Waals surface area contributed by atoms with Crippen molar-refractivity contribution in [3.05, 3.63) is 76.1 Å². The Bertz CT molecular complexity index is 702. The van der Waals surface area contributed by atoms with Crippen molar-refractivity contribution < 1.29 is 0 Å².